The molecule has 2 aromatic rings. The highest BCUT2D eigenvalue weighted by Gasteiger charge is 2.37. The third kappa shape index (κ3) is 13.0. The van der Waals surface area contributed by atoms with Gasteiger partial charge in [0.15, 0.2) is 0 Å². The number of rotatable bonds is 9. The molecular weight excluding hydrogens is 679 g/mol. The molecule has 1 aliphatic rings. The van der Waals surface area contributed by atoms with Gasteiger partial charge in [-0.05, 0) is 72.1 Å². The fourth-order valence-electron chi connectivity index (χ4n) is 5.18. The number of hydrazone groups is 1. The van der Waals surface area contributed by atoms with Gasteiger partial charge >= 0.3 is 12.4 Å². The van der Waals surface area contributed by atoms with Crippen molar-refractivity contribution < 1.29 is 47.9 Å². The molecule has 0 spiro atoms. The van der Waals surface area contributed by atoms with E-state index in [0.717, 1.165) is 24.4 Å². The summed E-state index contributed by atoms with van der Waals surface area (Å²) in [6, 6.07) is 5.21. The zero-order valence-electron chi connectivity index (χ0n) is 27.2. The zero-order chi connectivity index (χ0) is 37.2. The Kier molecular flexibility index (Phi) is 16.0. The van der Waals surface area contributed by atoms with Gasteiger partial charge in [-0.3, -0.25) is 4.39 Å². The molecule has 8 nitrogen and oxygen atoms in total. The van der Waals surface area contributed by atoms with Crippen LogP contribution in [0.1, 0.15) is 92.2 Å². The molecule has 0 aliphatic heterocycles. The molecule has 0 amide bonds. The number of hydrogen-bond acceptors (Lipinski definition) is 5. The first-order chi connectivity index (χ1) is 22.0. The van der Waals surface area contributed by atoms with Gasteiger partial charge < -0.3 is 10.6 Å². The third-order valence-corrected chi connectivity index (χ3v) is 9.28. The lowest BCUT2D eigenvalue weighted by atomic mass is 9.92. The summed E-state index contributed by atoms with van der Waals surface area (Å²) >= 11 is 0. The molecule has 3 atom stereocenters. The molecule has 3 rings (SSSR count). The first-order valence-corrected chi connectivity index (χ1v) is 16.3. The molecule has 1 fully saturated rings. The van der Waals surface area contributed by atoms with Crippen molar-refractivity contribution in [3.8, 4) is 0 Å². The van der Waals surface area contributed by atoms with Crippen molar-refractivity contribution in [2.75, 3.05) is 14.2 Å². The number of nitrogens with two attached hydrogens (primary N) is 3. The number of primary sulfonamides is 1. The standard InChI is InChI=1S/C23H27F8N5.C6H13NO2S.CH3F/c1-4-13(2)19-6-5-15(20(24)25)9-16(19)12-36(21(32)34-35(3)33)11-14-7-17(22(26,27)28)10-18(8-14)23(29,30)31;1-5-3-2-4-6(5)10(7,8)9;1-2/h5-10,13,20H,4,11-12,33H2,1-3H3,(H2,32,34);5-6H,2-4H2,1H3,(H2,7,8,9);1H3. The smallest absolute Gasteiger partial charge is 0.368 e. The summed E-state index contributed by atoms with van der Waals surface area (Å²) in [5.74, 6) is 5.34. The summed E-state index contributed by atoms with van der Waals surface area (Å²) in [5, 5.41) is 9.34. The molecule has 274 valence electrons. The number of benzene rings is 2. The second-order valence-electron chi connectivity index (χ2n) is 11.4. The molecule has 0 bridgehead atoms. The molecule has 3 unspecified atom stereocenters. The Morgan fingerprint density at radius 2 is 1.52 bits per heavy atom. The van der Waals surface area contributed by atoms with Gasteiger partial charge in [-0.15, -0.1) is 5.10 Å². The van der Waals surface area contributed by atoms with E-state index >= 15 is 0 Å². The average molecular weight is 723 g/mol. The van der Waals surface area contributed by atoms with Crippen molar-refractivity contribution >= 4 is 16.0 Å². The molecule has 0 saturated heterocycles. The summed E-state index contributed by atoms with van der Waals surface area (Å²) in [6.45, 7) is 4.94. The van der Waals surface area contributed by atoms with Crippen molar-refractivity contribution in [1.29, 1.82) is 0 Å². The Bertz CT molecular complexity index is 1420. The summed E-state index contributed by atoms with van der Waals surface area (Å²) in [6.07, 6.45) is -9.45. The highest BCUT2D eigenvalue weighted by molar-refractivity contribution is 7.89. The third-order valence-electron chi connectivity index (χ3n) is 7.73. The molecule has 0 aromatic heterocycles. The number of alkyl halides is 9. The van der Waals surface area contributed by atoms with Crippen LogP contribution in [0.15, 0.2) is 41.5 Å². The summed E-state index contributed by atoms with van der Waals surface area (Å²) < 4.78 is 138. The number of hydrogen-bond donors (Lipinski definition) is 3. The van der Waals surface area contributed by atoms with Crippen LogP contribution in [0.3, 0.4) is 0 Å². The highest BCUT2D eigenvalue weighted by Crippen LogP contribution is 2.37. The Labute approximate surface area is 275 Å². The maximum atomic E-state index is 13.4. The number of nitrogens with zero attached hydrogens (tertiary/aromatic N) is 3. The van der Waals surface area contributed by atoms with Gasteiger partial charge in [0.2, 0.25) is 16.0 Å². The van der Waals surface area contributed by atoms with Crippen LogP contribution >= 0.6 is 0 Å². The van der Waals surface area contributed by atoms with E-state index in [0.29, 0.717) is 36.9 Å². The predicted molar refractivity (Wildman–Crippen MR) is 166 cm³/mol. The maximum Gasteiger partial charge on any atom is 0.416 e. The number of guanidine groups is 1. The normalized spacial score (nSPS) is 17.6. The zero-order valence-corrected chi connectivity index (χ0v) is 28.0. The van der Waals surface area contributed by atoms with Crippen molar-refractivity contribution in [2.45, 2.75) is 89.5 Å². The van der Waals surface area contributed by atoms with E-state index in [1.54, 1.807) is 0 Å². The maximum absolute atomic E-state index is 13.4. The van der Waals surface area contributed by atoms with E-state index in [1.807, 2.05) is 20.8 Å². The number of halogens is 9. The average Bonchev–Trinajstić information content (AvgIpc) is 3.43. The highest BCUT2D eigenvalue weighted by atomic mass is 32.2. The molecule has 18 heteroatoms. The van der Waals surface area contributed by atoms with Gasteiger partial charge in [0.05, 0.1) is 23.6 Å². The molecule has 2 aromatic carbocycles. The van der Waals surface area contributed by atoms with Crippen LogP contribution in [0.4, 0.5) is 39.5 Å². The van der Waals surface area contributed by atoms with E-state index < -0.39 is 46.5 Å². The molecule has 1 aliphatic carbocycles. The minimum atomic E-state index is -5.03. The van der Waals surface area contributed by atoms with Crippen LogP contribution in [0.2, 0.25) is 0 Å². The largest absolute Gasteiger partial charge is 0.416 e. The van der Waals surface area contributed by atoms with Crippen LogP contribution in [-0.2, 0) is 35.5 Å². The van der Waals surface area contributed by atoms with E-state index in [1.165, 1.54) is 30.1 Å². The van der Waals surface area contributed by atoms with E-state index in [4.69, 9.17) is 16.7 Å². The number of hydrazine groups is 1. The second kappa shape index (κ2) is 17.9. The van der Waals surface area contributed by atoms with Crippen LogP contribution in [0.5, 0.6) is 0 Å². The van der Waals surface area contributed by atoms with Crippen LogP contribution in [-0.4, -0.2) is 43.9 Å². The minimum Gasteiger partial charge on any atom is -0.368 e. The van der Waals surface area contributed by atoms with E-state index in [2.05, 4.69) is 5.10 Å². The monoisotopic (exact) mass is 722 g/mol. The summed E-state index contributed by atoms with van der Waals surface area (Å²) in [5.41, 5.74) is 3.42. The Balaban J connectivity index is 0.000000808. The summed E-state index contributed by atoms with van der Waals surface area (Å²) in [7, 11) is -1.45. The fourth-order valence-corrected chi connectivity index (χ4v) is 6.46. The molecule has 6 N–H and O–H groups in total. The SMILES string of the molecule is CC1CCCC1S(N)(=O)=O.CCC(C)c1ccc(C(F)F)cc1CN(Cc1cc(C(F)(F)F)cc(C(F)(F)F)c1)/C(N)=N/N(C)N.CF. The van der Waals surface area contributed by atoms with E-state index in [9.17, 15) is 47.9 Å². The Morgan fingerprint density at radius 1 is 0.979 bits per heavy atom. The van der Waals surface area contributed by atoms with Gasteiger partial charge in [-0.2, -0.15) is 26.3 Å². The molecule has 48 heavy (non-hydrogen) atoms. The predicted octanol–water partition coefficient (Wildman–Crippen LogP) is 7.26. The van der Waals surface area contributed by atoms with Gasteiger partial charge in [-0.1, -0.05) is 39.3 Å². The molecule has 0 heterocycles. The first-order valence-electron chi connectivity index (χ1n) is 14.7. The van der Waals surface area contributed by atoms with Crippen molar-refractivity contribution in [3.05, 3.63) is 69.8 Å². The topological polar surface area (TPSA) is 131 Å². The van der Waals surface area contributed by atoms with Gasteiger partial charge in [-0.25, -0.2) is 33.3 Å². The lowest BCUT2D eigenvalue weighted by molar-refractivity contribution is -0.143. The van der Waals surface area contributed by atoms with Crippen LogP contribution < -0.4 is 16.7 Å². The second-order valence-corrected chi connectivity index (χ2v) is 13.2. The lowest BCUT2D eigenvalue weighted by Gasteiger charge is -2.27. The van der Waals surface area contributed by atoms with Crippen molar-refractivity contribution in [1.82, 2.24) is 10.0 Å². The van der Waals surface area contributed by atoms with Crippen molar-refractivity contribution in [2.24, 2.45) is 27.7 Å². The first kappa shape index (κ1) is 42.8. The summed E-state index contributed by atoms with van der Waals surface area (Å²) in [4.78, 5) is 1.18. The molecular formula is C30H43F9N6O2S. The number of sulfonamides is 1. The van der Waals surface area contributed by atoms with Crippen LogP contribution in [0.25, 0.3) is 0 Å². The van der Waals surface area contributed by atoms with Crippen molar-refractivity contribution in [3.63, 3.8) is 0 Å². The Hall–Kier alpha value is -3.25. The van der Waals surface area contributed by atoms with Crippen LogP contribution in [0, 0.1) is 5.92 Å². The van der Waals surface area contributed by atoms with Gasteiger partial charge in [0.25, 0.3) is 6.43 Å². The van der Waals surface area contributed by atoms with E-state index in [-0.39, 0.29) is 46.8 Å². The van der Waals surface area contributed by atoms with Gasteiger partial charge in [0, 0.05) is 25.7 Å². The van der Waals surface area contributed by atoms with Gasteiger partial charge in [0.1, 0.15) is 0 Å². The fraction of sp³-hybridized carbons (Fsp3) is 0.567. The Morgan fingerprint density at radius 3 is 1.90 bits per heavy atom. The molecule has 0 radical (unpaired) electrons. The minimum absolute atomic E-state index is 0.0199. The quantitative estimate of drug-likeness (QED) is 0.0822. The lowest BCUT2D eigenvalue weighted by Crippen LogP contribution is -2.39. The molecule has 1 saturated carbocycles.